The van der Waals surface area contributed by atoms with Crippen LogP contribution in [0, 0.1) is 5.41 Å². The molecule has 1 aliphatic rings. The Morgan fingerprint density at radius 1 is 1.10 bits per heavy atom. The summed E-state index contributed by atoms with van der Waals surface area (Å²) in [5.41, 5.74) is 1.45. The van der Waals surface area contributed by atoms with Gasteiger partial charge in [-0.2, -0.15) is 8.78 Å². The first-order chi connectivity index (χ1) is 8.92. The molecule has 0 spiro atoms. The van der Waals surface area contributed by atoms with Crippen LogP contribution < -0.4 is 4.74 Å². The van der Waals surface area contributed by atoms with E-state index >= 15 is 0 Å². The molecule has 112 valence electrons. The number of hydrogen-bond donors (Lipinski definition) is 0. The Morgan fingerprint density at radius 3 is 2.20 bits per heavy atom. The summed E-state index contributed by atoms with van der Waals surface area (Å²) in [4.78, 5) is 0. The number of fused-ring (bicyclic) bond motifs is 1. The molecule has 0 radical (unpaired) electrons. The van der Waals surface area contributed by atoms with Crippen molar-refractivity contribution in [1.82, 2.24) is 0 Å². The first-order valence-corrected chi connectivity index (χ1v) is 7.09. The van der Waals surface area contributed by atoms with Crippen molar-refractivity contribution in [1.29, 1.82) is 0 Å². The van der Waals surface area contributed by atoms with Crippen LogP contribution in [0.2, 0.25) is 0 Å². The lowest BCUT2D eigenvalue weighted by Gasteiger charge is -2.25. The lowest BCUT2D eigenvalue weighted by Crippen LogP contribution is -2.19. The van der Waals surface area contributed by atoms with Gasteiger partial charge in [-0.15, -0.1) is 0 Å². The number of alkyl halides is 2. The predicted octanol–water partition coefficient (Wildman–Crippen LogP) is 5.06. The van der Waals surface area contributed by atoms with E-state index in [0.717, 1.165) is 5.56 Å². The predicted molar refractivity (Wildman–Crippen MR) is 77.7 cm³/mol. The molecule has 0 amide bonds. The molecule has 0 fully saturated rings. The second-order valence-electron chi connectivity index (χ2n) is 7.96. The third-order valence-electron chi connectivity index (χ3n) is 3.54. The molecule has 0 bridgehead atoms. The Bertz CT molecular complexity index is 519. The van der Waals surface area contributed by atoms with Gasteiger partial charge in [-0.05, 0) is 22.8 Å². The summed E-state index contributed by atoms with van der Waals surface area (Å²) in [7, 11) is 0. The van der Waals surface area contributed by atoms with Crippen LogP contribution in [-0.2, 0) is 17.8 Å². The summed E-state index contributed by atoms with van der Waals surface area (Å²) in [6.45, 7) is 11.7. The van der Waals surface area contributed by atoms with Crippen molar-refractivity contribution in [2.24, 2.45) is 5.41 Å². The summed E-state index contributed by atoms with van der Waals surface area (Å²) in [6.07, 6.45) is 0.624. The first-order valence-electron chi connectivity index (χ1n) is 7.09. The first kappa shape index (κ1) is 15.3. The zero-order valence-corrected chi connectivity index (χ0v) is 13.2. The maximum atomic E-state index is 14.2. The Balaban J connectivity index is 2.62. The minimum atomic E-state index is -2.88. The van der Waals surface area contributed by atoms with Gasteiger partial charge < -0.3 is 4.74 Å². The van der Waals surface area contributed by atoms with Gasteiger partial charge in [0, 0.05) is 5.56 Å². The highest BCUT2D eigenvalue weighted by molar-refractivity contribution is 5.54. The highest BCUT2D eigenvalue weighted by Crippen LogP contribution is 2.49. The molecule has 20 heavy (non-hydrogen) atoms. The van der Waals surface area contributed by atoms with Gasteiger partial charge in [-0.25, -0.2) is 0 Å². The van der Waals surface area contributed by atoms with E-state index in [9.17, 15) is 8.78 Å². The van der Waals surface area contributed by atoms with Crippen molar-refractivity contribution < 1.29 is 13.5 Å². The topological polar surface area (TPSA) is 9.23 Å². The molecule has 1 nitrogen and oxygen atoms in total. The molecule has 0 saturated heterocycles. The van der Waals surface area contributed by atoms with Crippen LogP contribution in [0.3, 0.4) is 0 Å². The van der Waals surface area contributed by atoms with E-state index in [1.165, 1.54) is 0 Å². The van der Waals surface area contributed by atoms with Gasteiger partial charge in [0.05, 0.1) is 5.56 Å². The number of halogens is 2. The minimum Gasteiger partial charge on any atom is -0.486 e. The molecule has 0 aromatic heterocycles. The fourth-order valence-corrected chi connectivity index (χ4v) is 2.72. The Morgan fingerprint density at radius 2 is 1.70 bits per heavy atom. The van der Waals surface area contributed by atoms with Crippen LogP contribution in [0.25, 0.3) is 0 Å². The fourth-order valence-electron chi connectivity index (χ4n) is 2.72. The van der Waals surface area contributed by atoms with E-state index in [-0.39, 0.29) is 16.4 Å². The number of rotatable bonds is 1. The van der Waals surface area contributed by atoms with Crippen molar-refractivity contribution in [2.75, 3.05) is 6.61 Å². The highest BCUT2D eigenvalue weighted by Gasteiger charge is 2.45. The molecule has 2 rings (SSSR count). The monoisotopic (exact) mass is 282 g/mol. The van der Waals surface area contributed by atoms with Crippen LogP contribution in [-0.4, -0.2) is 6.61 Å². The van der Waals surface area contributed by atoms with Gasteiger partial charge in [0.25, 0.3) is 0 Å². The van der Waals surface area contributed by atoms with E-state index in [1.807, 2.05) is 32.9 Å². The third-order valence-corrected chi connectivity index (χ3v) is 3.54. The molecule has 0 unspecified atom stereocenters. The molecule has 3 heteroatoms. The van der Waals surface area contributed by atoms with Crippen LogP contribution in [0.1, 0.15) is 58.2 Å². The fraction of sp³-hybridized carbons (Fsp3) is 0.647. The Hall–Kier alpha value is -1.12. The summed E-state index contributed by atoms with van der Waals surface area (Å²) < 4.78 is 33.8. The second kappa shape index (κ2) is 4.44. The van der Waals surface area contributed by atoms with Crippen molar-refractivity contribution >= 4 is 0 Å². The minimum absolute atomic E-state index is 0.0321. The quantitative estimate of drug-likeness (QED) is 0.699. The van der Waals surface area contributed by atoms with Gasteiger partial charge >= 0.3 is 5.92 Å². The van der Waals surface area contributed by atoms with Crippen molar-refractivity contribution in [3.8, 4) is 5.75 Å². The molecule has 0 saturated carbocycles. The molecular weight excluding hydrogens is 258 g/mol. The summed E-state index contributed by atoms with van der Waals surface area (Å²) in [6, 6.07) is 3.80. The maximum absolute atomic E-state index is 14.2. The molecule has 0 atom stereocenters. The van der Waals surface area contributed by atoms with Crippen molar-refractivity contribution in [2.45, 2.75) is 59.3 Å². The van der Waals surface area contributed by atoms with E-state index in [1.54, 1.807) is 0 Å². The third kappa shape index (κ3) is 2.82. The summed E-state index contributed by atoms with van der Waals surface area (Å²) in [5.74, 6) is -2.47. The lowest BCUT2D eigenvalue weighted by atomic mass is 9.80. The van der Waals surface area contributed by atoms with Crippen LogP contribution in [0.15, 0.2) is 12.1 Å². The van der Waals surface area contributed by atoms with Crippen molar-refractivity contribution in [3.63, 3.8) is 0 Å². The SMILES string of the molecule is CC(C)(C)Cc1ccc(C(C)(C)C)c2c1C(F)(F)CO2. The van der Waals surface area contributed by atoms with Gasteiger partial charge in [-0.1, -0.05) is 53.7 Å². The number of ether oxygens (including phenoxy) is 1. The molecular formula is C17H24F2O. The molecule has 1 aromatic carbocycles. The summed E-state index contributed by atoms with van der Waals surface area (Å²) in [5, 5.41) is 0. The van der Waals surface area contributed by atoms with Crippen LogP contribution >= 0.6 is 0 Å². The number of benzene rings is 1. The number of hydrogen-bond acceptors (Lipinski definition) is 1. The summed E-state index contributed by atoms with van der Waals surface area (Å²) >= 11 is 0. The normalized spacial score (nSPS) is 17.8. The van der Waals surface area contributed by atoms with E-state index in [0.29, 0.717) is 17.7 Å². The van der Waals surface area contributed by atoms with E-state index < -0.39 is 12.5 Å². The van der Waals surface area contributed by atoms with Crippen LogP contribution in [0.4, 0.5) is 8.78 Å². The Labute approximate surface area is 120 Å². The van der Waals surface area contributed by atoms with E-state index in [4.69, 9.17) is 4.74 Å². The van der Waals surface area contributed by atoms with E-state index in [2.05, 4.69) is 20.8 Å². The van der Waals surface area contributed by atoms with Gasteiger partial charge in [-0.3, -0.25) is 0 Å². The molecule has 1 heterocycles. The highest BCUT2D eigenvalue weighted by atomic mass is 19.3. The van der Waals surface area contributed by atoms with Gasteiger partial charge in [0.1, 0.15) is 5.75 Å². The van der Waals surface area contributed by atoms with Gasteiger partial charge in [0.2, 0.25) is 0 Å². The van der Waals surface area contributed by atoms with Crippen LogP contribution in [0.5, 0.6) is 5.75 Å². The second-order valence-corrected chi connectivity index (χ2v) is 7.96. The maximum Gasteiger partial charge on any atom is 0.310 e. The average Bonchev–Trinajstić information content (AvgIpc) is 2.52. The molecule has 1 aromatic rings. The molecule has 0 N–H and O–H groups in total. The van der Waals surface area contributed by atoms with Crippen molar-refractivity contribution in [3.05, 3.63) is 28.8 Å². The van der Waals surface area contributed by atoms with Gasteiger partial charge in [0.15, 0.2) is 6.61 Å². The molecule has 0 aliphatic carbocycles. The lowest BCUT2D eigenvalue weighted by molar-refractivity contribution is -0.0222. The Kier molecular flexibility index (Phi) is 3.39. The molecule has 1 aliphatic heterocycles. The zero-order chi connectivity index (χ0) is 15.3. The average molecular weight is 282 g/mol. The largest absolute Gasteiger partial charge is 0.486 e. The smallest absolute Gasteiger partial charge is 0.310 e. The standard InChI is InChI=1S/C17H24F2O/c1-15(2,3)9-11-7-8-12(16(4,5)6)14-13(11)17(18,19)10-20-14/h7-8H,9-10H2,1-6H3. The zero-order valence-electron chi connectivity index (χ0n) is 13.2.